The zero-order valence-corrected chi connectivity index (χ0v) is 12.9. The normalized spacial score (nSPS) is 24.5. The van der Waals surface area contributed by atoms with Gasteiger partial charge in [-0.15, -0.1) is 0 Å². The molecule has 1 fully saturated rings. The molecule has 3 atom stereocenters. The third kappa shape index (κ3) is 3.04. The first-order valence-electron chi connectivity index (χ1n) is 6.85. The lowest BCUT2D eigenvalue weighted by molar-refractivity contribution is 0.118. The molecule has 1 aromatic rings. The molecular formula is C15H23ClN2O. The molecule has 0 radical (unpaired) electrons. The Hall–Kier alpha value is -0.770. The number of halogens is 1. The zero-order chi connectivity index (χ0) is 14.0. The van der Waals surface area contributed by atoms with Gasteiger partial charge in [-0.05, 0) is 45.0 Å². The minimum absolute atomic E-state index is 0.261. The molecule has 106 valence electrons. The Balaban J connectivity index is 2.20. The lowest BCUT2D eigenvalue weighted by Crippen LogP contribution is -2.36. The minimum atomic E-state index is 0.261. The molecular weight excluding hydrogens is 260 g/mol. The van der Waals surface area contributed by atoms with Crippen molar-refractivity contribution in [3.63, 3.8) is 0 Å². The van der Waals surface area contributed by atoms with E-state index in [1.54, 1.807) is 0 Å². The Kier molecular flexibility index (Phi) is 4.71. The monoisotopic (exact) mass is 282 g/mol. The van der Waals surface area contributed by atoms with Crippen LogP contribution in [-0.4, -0.2) is 32.8 Å². The first-order valence-corrected chi connectivity index (χ1v) is 7.23. The van der Waals surface area contributed by atoms with Gasteiger partial charge >= 0.3 is 0 Å². The van der Waals surface area contributed by atoms with Crippen LogP contribution in [-0.2, 0) is 4.74 Å². The molecule has 0 bridgehead atoms. The number of hydrogen-bond acceptors (Lipinski definition) is 3. The second-order valence-electron chi connectivity index (χ2n) is 5.26. The summed E-state index contributed by atoms with van der Waals surface area (Å²) in [6.07, 6.45) is 1.32. The molecule has 4 heteroatoms. The lowest BCUT2D eigenvalue weighted by Gasteiger charge is -2.30. The van der Waals surface area contributed by atoms with E-state index in [1.165, 1.54) is 5.56 Å². The first-order chi connectivity index (χ1) is 9.04. The maximum absolute atomic E-state index is 6.44. The van der Waals surface area contributed by atoms with Gasteiger partial charge < -0.3 is 15.0 Å². The average molecular weight is 283 g/mol. The molecule has 1 saturated heterocycles. The van der Waals surface area contributed by atoms with Crippen LogP contribution in [0.5, 0.6) is 0 Å². The van der Waals surface area contributed by atoms with Crippen LogP contribution in [0.3, 0.4) is 0 Å². The largest absolute Gasteiger partial charge is 0.376 e. The van der Waals surface area contributed by atoms with Gasteiger partial charge in [0.25, 0.3) is 0 Å². The summed E-state index contributed by atoms with van der Waals surface area (Å²) >= 11 is 6.44. The number of hydrogen-bond donors (Lipinski definition) is 1. The van der Waals surface area contributed by atoms with E-state index in [0.29, 0.717) is 12.1 Å². The number of nitrogens with zero attached hydrogens (tertiary/aromatic N) is 1. The van der Waals surface area contributed by atoms with Crippen molar-refractivity contribution in [3.05, 3.63) is 28.8 Å². The number of ether oxygens (including phenoxy) is 1. The number of nitrogens with one attached hydrogen (secondary N) is 1. The summed E-state index contributed by atoms with van der Waals surface area (Å²) in [6, 6.07) is 7.01. The van der Waals surface area contributed by atoms with Gasteiger partial charge in [-0.2, -0.15) is 0 Å². The number of likely N-dealkylation sites (N-methyl/N-ethyl adjacent to an activating group) is 1. The van der Waals surface area contributed by atoms with Crippen LogP contribution < -0.4 is 10.2 Å². The Morgan fingerprint density at radius 3 is 2.74 bits per heavy atom. The SMILES string of the molecule is CNC(C)c1ccc(N(C)C2CCOC2C)c(Cl)c1. The molecule has 1 aliphatic rings. The highest BCUT2D eigenvalue weighted by Gasteiger charge is 2.28. The van der Waals surface area contributed by atoms with Crippen molar-refractivity contribution in [2.24, 2.45) is 0 Å². The van der Waals surface area contributed by atoms with E-state index in [0.717, 1.165) is 23.7 Å². The smallest absolute Gasteiger partial charge is 0.0750 e. The maximum Gasteiger partial charge on any atom is 0.0750 e. The van der Waals surface area contributed by atoms with Gasteiger partial charge in [-0.3, -0.25) is 0 Å². The van der Waals surface area contributed by atoms with Gasteiger partial charge in [0.05, 0.1) is 22.9 Å². The van der Waals surface area contributed by atoms with E-state index in [4.69, 9.17) is 16.3 Å². The van der Waals surface area contributed by atoms with Crippen molar-refractivity contribution in [2.75, 3.05) is 25.6 Å². The third-order valence-corrected chi connectivity index (χ3v) is 4.42. The quantitative estimate of drug-likeness (QED) is 0.918. The van der Waals surface area contributed by atoms with Crippen molar-refractivity contribution < 1.29 is 4.74 Å². The van der Waals surface area contributed by atoms with Crippen molar-refractivity contribution >= 4 is 17.3 Å². The highest BCUT2D eigenvalue weighted by molar-refractivity contribution is 6.33. The van der Waals surface area contributed by atoms with E-state index >= 15 is 0 Å². The van der Waals surface area contributed by atoms with E-state index in [2.05, 4.69) is 49.3 Å². The topological polar surface area (TPSA) is 24.5 Å². The second-order valence-corrected chi connectivity index (χ2v) is 5.67. The summed E-state index contributed by atoms with van der Waals surface area (Å²) in [6.45, 7) is 5.09. The summed E-state index contributed by atoms with van der Waals surface area (Å²) in [5, 5.41) is 4.03. The predicted octanol–water partition coefficient (Wildman–Crippen LogP) is 3.23. The van der Waals surface area contributed by atoms with E-state index in [-0.39, 0.29) is 6.10 Å². The molecule has 1 heterocycles. The Labute approximate surface area is 120 Å². The van der Waals surface area contributed by atoms with Crippen LogP contribution in [0.15, 0.2) is 18.2 Å². The van der Waals surface area contributed by atoms with Gasteiger partial charge in [0.2, 0.25) is 0 Å². The molecule has 0 aliphatic carbocycles. The molecule has 1 aromatic carbocycles. The zero-order valence-electron chi connectivity index (χ0n) is 12.1. The van der Waals surface area contributed by atoms with E-state index in [9.17, 15) is 0 Å². The Morgan fingerprint density at radius 2 is 2.21 bits per heavy atom. The van der Waals surface area contributed by atoms with Crippen molar-refractivity contribution in [1.29, 1.82) is 0 Å². The number of benzene rings is 1. The van der Waals surface area contributed by atoms with E-state index in [1.807, 2.05) is 7.05 Å². The van der Waals surface area contributed by atoms with Crippen LogP contribution >= 0.6 is 11.6 Å². The molecule has 3 unspecified atom stereocenters. The molecule has 1 aliphatic heterocycles. The molecule has 0 aromatic heterocycles. The van der Waals surface area contributed by atoms with Gasteiger partial charge in [0.1, 0.15) is 0 Å². The molecule has 3 nitrogen and oxygen atoms in total. The lowest BCUT2D eigenvalue weighted by atomic mass is 10.1. The first kappa shape index (κ1) is 14.6. The predicted molar refractivity (Wildman–Crippen MR) is 81.1 cm³/mol. The molecule has 0 amide bonds. The highest BCUT2D eigenvalue weighted by Crippen LogP contribution is 2.32. The fraction of sp³-hybridized carbons (Fsp3) is 0.600. The minimum Gasteiger partial charge on any atom is -0.376 e. The maximum atomic E-state index is 6.44. The van der Waals surface area contributed by atoms with Gasteiger partial charge in [0, 0.05) is 19.7 Å². The van der Waals surface area contributed by atoms with Crippen LogP contribution in [0.2, 0.25) is 5.02 Å². The summed E-state index contributed by atoms with van der Waals surface area (Å²) in [7, 11) is 4.05. The summed E-state index contributed by atoms with van der Waals surface area (Å²) in [5.74, 6) is 0. The standard InChI is InChI=1S/C15H23ClN2O/c1-10(17-3)12-5-6-15(13(16)9-12)18(4)14-7-8-19-11(14)2/h5-6,9-11,14,17H,7-8H2,1-4H3. The van der Waals surface area contributed by atoms with Crippen LogP contribution in [0, 0.1) is 0 Å². The molecule has 2 rings (SSSR count). The van der Waals surface area contributed by atoms with Crippen LogP contribution in [0.25, 0.3) is 0 Å². The molecule has 1 N–H and O–H groups in total. The van der Waals surface area contributed by atoms with Crippen molar-refractivity contribution in [2.45, 2.75) is 38.5 Å². The van der Waals surface area contributed by atoms with Crippen molar-refractivity contribution in [1.82, 2.24) is 5.32 Å². The molecule has 19 heavy (non-hydrogen) atoms. The van der Waals surface area contributed by atoms with Gasteiger partial charge in [-0.25, -0.2) is 0 Å². The third-order valence-electron chi connectivity index (χ3n) is 4.12. The highest BCUT2D eigenvalue weighted by atomic mass is 35.5. The number of rotatable bonds is 4. The Bertz CT molecular complexity index is 438. The van der Waals surface area contributed by atoms with Gasteiger partial charge in [-0.1, -0.05) is 17.7 Å². The fourth-order valence-electron chi connectivity index (χ4n) is 2.65. The summed E-state index contributed by atoms with van der Waals surface area (Å²) < 4.78 is 5.63. The second kappa shape index (κ2) is 6.12. The van der Waals surface area contributed by atoms with Crippen LogP contribution in [0.1, 0.15) is 31.9 Å². The number of anilines is 1. The van der Waals surface area contributed by atoms with Crippen molar-refractivity contribution in [3.8, 4) is 0 Å². The summed E-state index contributed by atoms with van der Waals surface area (Å²) in [5.41, 5.74) is 2.29. The average Bonchev–Trinajstić information content (AvgIpc) is 2.83. The molecule has 0 spiro atoms. The fourth-order valence-corrected chi connectivity index (χ4v) is 2.98. The summed E-state index contributed by atoms with van der Waals surface area (Å²) in [4.78, 5) is 2.24. The van der Waals surface area contributed by atoms with E-state index < -0.39 is 0 Å². The Morgan fingerprint density at radius 1 is 1.47 bits per heavy atom. The molecule has 0 saturated carbocycles. The van der Waals surface area contributed by atoms with Gasteiger partial charge in [0.15, 0.2) is 0 Å². The van der Waals surface area contributed by atoms with Crippen LogP contribution in [0.4, 0.5) is 5.69 Å².